The zero-order chi connectivity index (χ0) is 17.8. The summed E-state index contributed by atoms with van der Waals surface area (Å²) in [6.45, 7) is 8.01. The molecule has 1 saturated heterocycles. The second-order valence-electron chi connectivity index (χ2n) is 7.07. The maximum atomic E-state index is 11.5. The summed E-state index contributed by atoms with van der Waals surface area (Å²) in [5.41, 5.74) is 0.777. The number of nitrogens with zero attached hydrogens (tertiary/aromatic N) is 2. The monoisotopic (exact) mass is 348 g/mol. The summed E-state index contributed by atoms with van der Waals surface area (Å²) in [4.78, 5) is 0.282. The van der Waals surface area contributed by atoms with Gasteiger partial charge >= 0.3 is 7.12 Å². The van der Waals surface area contributed by atoms with E-state index in [1.807, 2.05) is 33.9 Å². The van der Waals surface area contributed by atoms with Crippen LogP contribution >= 0.6 is 0 Å². The first kappa shape index (κ1) is 17.2. The largest absolute Gasteiger partial charge is 0.498 e. The van der Waals surface area contributed by atoms with Gasteiger partial charge in [-0.05, 0) is 52.0 Å². The SMILES string of the molecule is CC1(C)OB(c2cnn(-c3ccc(S(C)(=O)=O)cc3)c2)OC1(C)C. The summed E-state index contributed by atoms with van der Waals surface area (Å²) in [6.07, 6.45) is 4.72. The fourth-order valence-corrected chi connectivity index (χ4v) is 3.06. The number of sulfone groups is 1. The molecule has 0 saturated carbocycles. The van der Waals surface area contributed by atoms with Crippen molar-refractivity contribution in [3.63, 3.8) is 0 Å². The second kappa shape index (κ2) is 5.44. The van der Waals surface area contributed by atoms with Crippen LogP contribution in [0.25, 0.3) is 5.69 Å². The van der Waals surface area contributed by atoms with Crippen molar-refractivity contribution in [2.24, 2.45) is 0 Å². The van der Waals surface area contributed by atoms with E-state index in [0.717, 1.165) is 11.2 Å². The van der Waals surface area contributed by atoms with Crippen molar-refractivity contribution in [3.05, 3.63) is 36.7 Å². The molecule has 0 unspecified atom stereocenters. The van der Waals surface area contributed by atoms with Gasteiger partial charge in [-0.3, -0.25) is 0 Å². The average Bonchev–Trinajstić information content (AvgIpc) is 3.02. The van der Waals surface area contributed by atoms with E-state index in [-0.39, 0.29) is 4.90 Å². The number of hydrogen-bond donors (Lipinski definition) is 0. The van der Waals surface area contributed by atoms with E-state index in [4.69, 9.17) is 9.31 Å². The third-order valence-corrected chi connectivity index (χ3v) is 5.79. The van der Waals surface area contributed by atoms with Crippen molar-refractivity contribution in [2.45, 2.75) is 43.8 Å². The van der Waals surface area contributed by atoms with Gasteiger partial charge in [0.15, 0.2) is 9.84 Å². The predicted molar refractivity (Wildman–Crippen MR) is 92.4 cm³/mol. The van der Waals surface area contributed by atoms with Gasteiger partial charge in [-0.1, -0.05) is 0 Å². The van der Waals surface area contributed by atoms with Crippen LogP contribution in [0.3, 0.4) is 0 Å². The zero-order valence-corrected chi connectivity index (χ0v) is 15.3. The van der Waals surface area contributed by atoms with Crippen LogP contribution in [0, 0.1) is 0 Å². The van der Waals surface area contributed by atoms with Crippen LogP contribution in [0.4, 0.5) is 0 Å². The molecule has 24 heavy (non-hydrogen) atoms. The van der Waals surface area contributed by atoms with E-state index in [9.17, 15) is 8.42 Å². The van der Waals surface area contributed by atoms with Crippen LogP contribution in [-0.4, -0.2) is 42.8 Å². The third kappa shape index (κ3) is 3.01. The zero-order valence-electron chi connectivity index (χ0n) is 14.5. The molecule has 1 aliphatic rings. The molecule has 0 aliphatic carbocycles. The molecule has 128 valence electrons. The Bertz CT molecular complexity index is 840. The van der Waals surface area contributed by atoms with E-state index in [2.05, 4.69) is 5.10 Å². The van der Waals surface area contributed by atoms with Gasteiger partial charge < -0.3 is 9.31 Å². The number of hydrogen-bond acceptors (Lipinski definition) is 5. The minimum atomic E-state index is -3.21. The molecule has 3 rings (SSSR count). The molecule has 1 aliphatic heterocycles. The van der Waals surface area contributed by atoms with Crippen LogP contribution in [0.1, 0.15) is 27.7 Å². The molecule has 0 amide bonds. The quantitative estimate of drug-likeness (QED) is 0.788. The van der Waals surface area contributed by atoms with Gasteiger partial charge in [0.1, 0.15) is 0 Å². The summed E-state index contributed by atoms with van der Waals surface area (Å²) in [6, 6.07) is 6.58. The van der Waals surface area contributed by atoms with Crippen LogP contribution in [0.5, 0.6) is 0 Å². The van der Waals surface area contributed by atoms with Crippen molar-refractivity contribution < 1.29 is 17.7 Å². The first-order chi connectivity index (χ1) is 11.0. The maximum Gasteiger partial charge on any atom is 0.498 e. The summed E-state index contributed by atoms with van der Waals surface area (Å²) in [5.74, 6) is 0. The molecular weight excluding hydrogens is 327 g/mol. The van der Waals surface area contributed by atoms with Gasteiger partial charge in [-0.15, -0.1) is 0 Å². The Morgan fingerprint density at radius 1 is 1.04 bits per heavy atom. The number of benzene rings is 1. The van der Waals surface area contributed by atoms with Crippen molar-refractivity contribution in [1.29, 1.82) is 0 Å². The molecule has 0 bridgehead atoms. The highest BCUT2D eigenvalue weighted by Crippen LogP contribution is 2.36. The Labute approximate surface area is 142 Å². The van der Waals surface area contributed by atoms with E-state index in [0.29, 0.717) is 0 Å². The molecule has 0 N–H and O–H groups in total. The first-order valence-corrected chi connectivity index (χ1v) is 9.59. The molecule has 1 aromatic carbocycles. The Kier molecular flexibility index (Phi) is 3.90. The lowest BCUT2D eigenvalue weighted by Crippen LogP contribution is -2.41. The topological polar surface area (TPSA) is 70.4 Å². The molecular formula is C16H21BN2O4S. The minimum Gasteiger partial charge on any atom is -0.399 e. The van der Waals surface area contributed by atoms with E-state index >= 15 is 0 Å². The molecule has 8 heteroatoms. The van der Waals surface area contributed by atoms with Crippen molar-refractivity contribution in [1.82, 2.24) is 9.78 Å². The maximum absolute atomic E-state index is 11.5. The molecule has 0 atom stereocenters. The molecule has 1 aromatic heterocycles. The second-order valence-corrected chi connectivity index (χ2v) is 9.09. The van der Waals surface area contributed by atoms with E-state index < -0.39 is 28.2 Å². The summed E-state index contributed by atoms with van der Waals surface area (Å²) in [7, 11) is -3.68. The van der Waals surface area contributed by atoms with Gasteiger partial charge in [0.05, 0.1) is 21.8 Å². The van der Waals surface area contributed by atoms with Crippen molar-refractivity contribution in [2.75, 3.05) is 6.26 Å². The molecule has 2 heterocycles. The highest BCUT2D eigenvalue weighted by Gasteiger charge is 2.52. The van der Waals surface area contributed by atoms with Crippen LogP contribution in [0.15, 0.2) is 41.6 Å². The lowest BCUT2D eigenvalue weighted by Gasteiger charge is -2.32. The smallest absolute Gasteiger partial charge is 0.399 e. The summed E-state index contributed by atoms with van der Waals surface area (Å²) >= 11 is 0. The van der Waals surface area contributed by atoms with Gasteiger partial charge in [-0.2, -0.15) is 5.10 Å². The third-order valence-electron chi connectivity index (χ3n) is 4.66. The highest BCUT2D eigenvalue weighted by atomic mass is 32.2. The lowest BCUT2D eigenvalue weighted by atomic mass is 9.82. The standard InChI is InChI=1S/C16H21BN2O4S/c1-15(2)16(3,4)23-17(22-15)12-10-18-19(11-12)13-6-8-14(9-7-13)24(5,20)21/h6-11H,1-5H3. The normalized spacial score (nSPS) is 19.6. The Balaban J connectivity index is 1.84. The number of rotatable bonds is 3. The minimum absolute atomic E-state index is 0.282. The molecule has 0 radical (unpaired) electrons. The van der Waals surface area contributed by atoms with Gasteiger partial charge in [0.2, 0.25) is 0 Å². The van der Waals surface area contributed by atoms with Gasteiger partial charge in [0.25, 0.3) is 0 Å². The van der Waals surface area contributed by atoms with Crippen LogP contribution < -0.4 is 5.46 Å². The first-order valence-electron chi connectivity index (χ1n) is 7.70. The van der Waals surface area contributed by atoms with Gasteiger partial charge in [0, 0.05) is 24.1 Å². The van der Waals surface area contributed by atoms with E-state index in [1.165, 1.54) is 6.26 Å². The van der Waals surface area contributed by atoms with Crippen LogP contribution in [-0.2, 0) is 19.1 Å². The fourth-order valence-electron chi connectivity index (χ4n) is 2.42. The van der Waals surface area contributed by atoms with E-state index in [1.54, 1.807) is 35.1 Å². The molecule has 0 spiro atoms. The molecule has 6 nitrogen and oxygen atoms in total. The van der Waals surface area contributed by atoms with Crippen molar-refractivity contribution in [3.8, 4) is 5.69 Å². The summed E-state index contributed by atoms with van der Waals surface area (Å²) in [5, 5.41) is 4.33. The Morgan fingerprint density at radius 3 is 2.08 bits per heavy atom. The fraction of sp³-hybridized carbons (Fsp3) is 0.438. The average molecular weight is 348 g/mol. The number of aromatic nitrogens is 2. The molecule has 1 fully saturated rings. The van der Waals surface area contributed by atoms with Crippen LogP contribution in [0.2, 0.25) is 0 Å². The summed E-state index contributed by atoms with van der Waals surface area (Å²) < 4.78 is 36.7. The Hall–Kier alpha value is -1.64. The highest BCUT2D eigenvalue weighted by molar-refractivity contribution is 7.90. The predicted octanol–water partition coefficient (Wildman–Crippen LogP) is 1.57. The molecule has 2 aromatic rings. The Morgan fingerprint density at radius 2 is 1.58 bits per heavy atom. The lowest BCUT2D eigenvalue weighted by molar-refractivity contribution is 0.00578. The van der Waals surface area contributed by atoms with Gasteiger partial charge in [-0.25, -0.2) is 13.1 Å². The van der Waals surface area contributed by atoms with Crippen molar-refractivity contribution >= 4 is 22.4 Å².